The van der Waals surface area contributed by atoms with Gasteiger partial charge in [0.05, 0.1) is 13.2 Å². The van der Waals surface area contributed by atoms with E-state index in [-0.39, 0.29) is 29.6 Å². The van der Waals surface area contributed by atoms with E-state index < -0.39 is 27.1 Å². The third-order valence-electron chi connectivity index (χ3n) is 0.694. The molecule has 0 amide bonds. The summed E-state index contributed by atoms with van der Waals surface area (Å²) in [5, 5.41) is 16.5. The van der Waals surface area contributed by atoms with Crippen LogP contribution in [0.25, 0.3) is 0 Å². The number of aliphatic hydroxyl groups is 2. The number of hydrogen-bond acceptors (Lipinski definition) is 4. The van der Waals surface area contributed by atoms with Gasteiger partial charge >= 0.3 is 37.4 Å². The van der Waals surface area contributed by atoms with Crippen LogP contribution in [0.1, 0.15) is 0 Å². The fourth-order valence-electron chi connectivity index (χ4n) is 0.319. The maximum absolute atomic E-state index is 10.0. The van der Waals surface area contributed by atoms with Crippen molar-refractivity contribution in [2.24, 2.45) is 0 Å². The van der Waals surface area contributed by atoms with Crippen LogP contribution in [-0.4, -0.2) is 39.3 Å². The Balaban J connectivity index is 0. The molecule has 0 aliphatic carbocycles. The molecular weight excluding hydrogens is 186 g/mol. The zero-order valence-electron chi connectivity index (χ0n) is 6.04. The summed E-state index contributed by atoms with van der Waals surface area (Å²) in [7, 11) is -4.57. The van der Waals surface area contributed by atoms with E-state index >= 15 is 0 Å². The predicted molar refractivity (Wildman–Crippen MR) is 31.1 cm³/mol. The molecule has 0 aliphatic heterocycles. The van der Waals surface area contributed by atoms with Gasteiger partial charge in [0.15, 0.2) is 0 Å². The van der Waals surface area contributed by atoms with Gasteiger partial charge in [0.25, 0.3) is 0 Å². The minimum Gasteiger partial charge on any atom is -0.394 e. The smallest absolute Gasteiger partial charge is 0.394 e. The maximum atomic E-state index is 10.0. The summed E-state index contributed by atoms with van der Waals surface area (Å²) >= 11 is 0. The molecule has 62 valence electrons. The molecular formula is C3H9NaO6P+. The van der Waals surface area contributed by atoms with E-state index in [9.17, 15) is 4.57 Å². The molecule has 8 heteroatoms. The van der Waals surface area contributed by atoms with Crippen LogP contribution in [0.3, 0.4) is 0 Å². The average Bonchev–Trinajstić information content (AvgIpc) is 1.81. The van der Waals surface area contributed by atoms with Gasteiger partial charge in [0, 0.05) is 0 Å². The monoisotopic (exact) mass is 195 g/mol. The van der Waals surface area contributed by atoms with E-state index in [4.69, 9.17) is 20.0 Å². The number of aliphatic hydroxyl groups excluding tert-OH is 2. The van der Waals surface area contributed by atoms with Crippen molar-refractivity contribution in [1.29, 1.82) is 0 Å². The molecule has 0 aromatic rings. The predicted octanol–water partition coefficient (Wildman–Crippen LogP) is -4.55. The van der Waals surface area contributed by atoms with Gasteiger partial charge in [0.2, 0.25) is 0 Å². The Labute approximate surface area is 85.7 Å². The van der Waals surface area contributed by atoms with Crippen molar-refractivity contribution in [3.05, 3.63) is 0 Å². The van der Waals surface area contributed by atoms with Gasteiger partial charge in [-0.1, -0.05) is 0 Å². The van der Waals surface area contributed by atoms with Crippen molar-refractivity contribution in [1.82, 2.24) is 0 Å². The van der Waals surface area contributed by atoms with E-state index in [1.54, 1.807) is 0 Å². The van der Waals surface area contributed by atoms with Crippen LogP contribution in [0.2, 0.25) is 0 Å². The van der Waals surface area contributed by atoms with E-state index in [0.29, 0.717) is 0 Å². The Morgan fingerprint density at radius 1 is 1.27 bits per heavy atom. The fourth-order valence-corrected chi connectivity index (χ4v) is 0.840. The Bertz CT molecular complexity index is 130. The third kappa shape index (κ3) is 8.94. The molecule has 0 aromatic heterocycles. The first-order valence-corrected chi connectivity index (χ1v) is 3.98. The molecule has 0 fully saturated rings. The Kier molecular flexibility index (Phi) is 8.64. The number of hydrogen-bond donors (Lipinski definition) is 4. The van der Waals surface area contributed by atoms with Gasteiger partial charge in [-0.15, -0.1) is 0 Å². The topological polar surface area (TPSA) is 107 Å². The Morgan fingerprint density at radius 2 is 1.64 bits per heavy atom. The first kappa shape index (κ1) is 14.5. The molecule has 0 aliphatic rings. The zero-order valence-corrected chi connectivity index (χ0v) is 8.94. The van der Waals surface area contributed by atoms with Crippen molar-refractivity contribution in [3.8, 4) is 0 Å². The summed E-state index contributed by atoms with van der Waals surface area (Å²) in [4.78, 5) is 16.2. The van der Waals surface area contributed by atoms with Crippen molar-refractivity contribution in [2.45, 2.75) is 6.10 Å². The number of phosphoric acid groups is 1. The van der Waals surface area contributed by atoms with Gasteiger partial charge in [-0.2, -0.15) is 0 Å². The van der Waals surface area contributed by atoms with Crippen LogP contribution < -0.4 is 29.6 Å². The summed E-state index contributed by atoms with van der Waals surface area (Å²) < 4.78 is 13.9. The normalized spacial score (nSPS) is 11.4. The van der Waals surface area contributed by atoms with Gasteiger partial charge < -0.3 is 20.0 Å². The molecule has 0 unspecified atom stereocenters. The maximum Gasteiger partial charge on any atom is 1.00 e. The van der Waals surface area contributed by atoms with Crippen molar-refractivity contribution >= 4 is 7.82 Å². The van der Waals surface area contributed by atoms with E-state index in [0.717, 1.165) is 0 Å². The van der Waals surface area contributed by atoms with Crippen molar-refractivity contribution in [2.75, 3.05) is 13.2 Å². The second-order valence-corrected chi connectivity index (χ2v) is 2.78. The molecule has 0 saturated carbocycles. The molecule has 0 radical (unpaired) electrons. The van der Waals surface area contributed by atoms with E-state index in [1.165, 1.54) is 0 Å². The van der Waals surface area contributed by atoms with Crippen LogP contribution in [0, 0.1) is 0 Å². The molecule has 0 rings (SSSR count). The number of phosphoric ester groups is 1. The molecule has 6 nitrogen and oxygen atoms in total. The minimum absolute atomic E-state index is 0. The largest absolute Gasteiger partial charge is 1.00 e. The average molecular weight is 195 g/mol. The first-order chi connectivity index (χ1) is 4.49. The number of rotatable bonds is 4. The second kappa shape index (κ2) is 6.54. The zero-order chi connectivity index (χ0) is 8.20. The molecule has 0 aromatic carbocycles. The third-order valence-corrected chi connectivity index (χ3v) is 1.27. The van der Waals surface area contributed by atoms with Crippen molar-refractivity contribution in [3.63, 3.8) is 0 Å². The van der Waals surface area contributed by atoms with Crippen LogP contribution in [0.4, 0.5) is 0 Å². The van der Waals surface area contributed by atoms with E-state index in [1.807, 2.05) is 0 Å². The summed E-state index contributed by atoms with van der Waals surface area (Å²) in [5.74, 6) is 0. The second-order valence-electron chi connectivity index (χ2n) is 1.58. The SMILES string of the molecule is O=P(O)(O)OC(CO)CO.[Na+]. The minimum atomic E-state index is -4.57. The molecule has 0 heterocycles. The van der Waals surface area contributed by atoms with Crippen LogP contribution in [0.5, 0.6) is 0 Å². The first-order valence-electron chi connectivity index (χ1n) is 2.45. The van der Waals surface area contributed by atoms with Crippen molar-refractivity contribution < 1.29 is 58.6 Å². The van der Waals surface area contributed by atoms with Crippen LogP contribution >= 0.6 is 7.82 Å². The van der Waals surface area contributed by atoms with Crippen LogP contribution in [-0.2, 0) is 9.09 Å². The standard InChI is InChI=1S/C3H9O6P.Na/c4-1-3(2-5)9-10(6,7)8;/h3-5H,1-2H2,(H2,6,7,8);/q;+1. The van der Waals surface area contributed by atoms with Gasteiger partial charge in [0.1, 0.15) is 6.10 Å². The Morgan fingerprint density at radius 3 is 1.73 bits per heavy atom. The van der Waals surface area contributed by atoms with E-state index in [2.05, 4.69) is 4.52 Å². The van der Waals surface area contributed by atoms with Gasteiger partial charge in [-0.3, -0.25) is 4.52 Å². The van der Waals surface area contributed by atoms with Gasteiger partial charge in [-0.05, 0) is 0 Å². The summed E-state index contributed by atoms with van der Waals surface area (Å²) in [6, 6.07) is 0. The molecule has 0 saturated heterocycles. The quantitative estimate of drug-likeness (QED) is 0.266. The van der Waals surface area contributed by atoms with Crippen LogP contribution in [0.15, 0.2) is 0 Å². The fraction of sp³-hybridized carbons (Fsp3) is 1.00. The summed E-state index contributed by atoms with van der Waals surface area (Å²) in [6.45, 7) is -1.25. The summed E-state index contributed by atoms with van der Waals surface area (Å²) in [5.41, 5.74) is 0. The molecule has 0 atom stereocenters. The molecule has 0 bridgehead atoms. The summed E-state index contributed by atoms with van der Waals surface area (Å²) in [6.07, 6.45) is -1.21. The Hall–Kier alpha value is 1.03. The molecule has 0 spiro atoms. The molecule has 11 heavy (non-hydrogen) atoms. The molecule has 4 N–H and O–H groups in total. The van der Waals surface area contributed by atoms with Gasteiger partial charge in [-0.25, -0.2) is 4.57 Å².